The van der Waals surface area contributed by atoms with Gasteiger partial charge >= 0.3 is 5.97 Å². The van der Waals surface area contributed by atoms with Gasteiger partial charge in [-0.15, -0.1) is 0 Å². The average Bonchev–Trinajstić information content (AvgIpc) is 2.37. The Morgan fingerprint density at radius 1 is 1.26 bits per heavy atom. The molecule has 0 bridgehead atoms. The van der Waals surface area contributed by atoms with Crippen LogP contribution in [-0.4, -0.2) is 37.2 Å². The van der Waals surface area contributed by atoms with Gasteiger partial charge in [0.1, 0.15) is 6.04 Å². The molecule has 0 aromatic heterocycles. The van der Waals surface area contributed by atoms with Crippen molar-refractivity contribution in [1.82, 2.24) is 0 Å². The van der Waals surface area contributed by atoms with E-state index in [1.807, 2.05) is 0 Å². The molecule has 102 valence electrons. The zero-order valence-corrected chi connectivity index (χ0v) is 10.5. The maximum absolute atomic E-state index is 11.7. The Morgan fingerprint density at radius 2 is 1.84 bits per heavy atom. The number of methoxy groups -OCH3 is 2. The first-order valence-corrected chi connectivity index (χ1v) is 5.60. The summed E-state index contributed by atoms with van der Waals surface area (Å²) in [6.45, 7) is 0. The summed E-state index contributed by atoms with van der Waals surface area (Å²) in [6, 6.07) is 2.47. The second kappa shape index (κ2) is 5.05. The number of benzene rings is 1. The summed E-state index contributed by atoms with van der Waals surface area (Å²) in [5.41, 5.74) is 1.13. The molecule has 7 nitrogen and oxygen atoms in total. The lowest BCUT2D eigenvalue weighted by molar-refractivity contribution is -0.138. The van der Waals surface area contributed by atoms with E-state index in [2.05, 4.69) is 10.6 Å². The lowest BCUT2D eigenvalue weighted by Crippen LogP contribution is -2.40. The summed E-state index contributed by atoms with van der Waals surface area (Å²) in [5, 5.41) is 14.3. The summed E-state index contributed by atoms with van der Waals surface area (Å²) in [5.74, 6) is -0.447. The van der Waals surface area contributed by atoms with E-state index >= 15 is 0 Å². The smallest absolute Gasteiger partial charge is 0.305 e. The Kier molecular flexibility index (Phi) is 3.46. The maximum Gasteiger partial charge on any atom is 0.305 e. The van der Waals surface area contributed by atoms with Crippen LogP contribution in [0.3, 0.4) is 0 Å². The summed E-state index contributed by atoms with van der Waals surface area (Å²) >= 11 is 0. The van der Waals surface area contributed by atoms with E-state index in [0.29, 0.717) is 22.9 Å². The lowest BCUT2D eigenvalue weighted by atomic mass is 10.1. The van der Waals surface area contributed by atoms with Crippen molar-refractivity contribution in [3.05, 3.63) is 12.1 Å². The molecule has 0 fully saturated rings. The third kappa shape index (κ3) is 2.54. The van der Waals surface area contributed by atoms with Gasteiger partial charge in [-0.05, 0) is 0 Å². The molecule has 0 saturated carbocycles. The fraction of sp³-hybridized carbons (Fsp3) is 0.333. The van der Waals surface area contributed by atoms with Crippen molar-refractivity contribution in [2.75, 3.05) is 24.9 Å². The van der Waals surface area contributed by atoms with Crippen LogP contribution < -0.4 is 20.1 Å². The summed E-state index contributed by atoms with van der Waals surface area (Å²) in [7, 11) is 3.00. The Balaban J connectivity index is 2.33. The number of amides is 1. The number of carbonyl (C=O) groups excluding carboxylic acids is 1. The quantitative estimate of drug-likeness (QED) is 0.749. The van der Waals surface area contributed by atoms with Gasteiger partial charge in [0.15, 0.2) is 11.5 Å². The van der Waals surface area contributed by atoms with Gasteiger partial charge in [-0.3, -0.25) is 9.59 Å². The van der Waals surface area contributed by atoms with Gasteiger partial charge in [0.05, 0.1) is 32.0 Å². The SMILES string of the molecule is COc1cc2c(cc1OC)NC(CC(=O)O)C(=O)N2. The molecule has 0 spiro atoms. The number of hydrogen-bond acceptors (Lipinski definition) is 5. The number of carbonyl (C=O) groups is 2. The molecule has 2 rings (SSSR count). The molecule has 1 aromatic carbocycles. The topological polar surface area (TPSA) is 96.9 Å². The Hall–Kier alpha value is -2.44. The molecule has 0 saturated heterocycles. The molecular weight excluding hydrogens is 252 g/mol. The number of carboxylic acid groups (broad SMARTS) is 1. The third-order valence-corrected chi connectivity index (χ3v) is 2.81. The van der Waals surface area contributed by atoms with Crippen molar-refractivity contribution in [3.8, 4) is 11.5 Å². The van der Waals surface area contributed by atoms with E-state index in [1.54, 1.807) is 12.1 Å². The molecule has 1 aliphatic rings. The molecule has 1 amide bonds. The van der Waals surface area contributed by atoms with Gasteiger partial charge < -0.3 is 25.2 Å². The molecule has 0 aliphatic carbocycles. The van der Waals surface area contributed by atoms with Gasteiger partial charge in [0, 0.05) is 12.1 Å². The van der Waals surface area contributed by atoms with Crippen molar-refractivity contribution >= 4 is 23.3 Å². The first kappa shape index (κ1) is 13.0. The molecular formula is C12H14N2O5. The molecule has 1 aromatic rings. The number of ether oxygens (including phenoxy) is 2. The highest BCUT2D eigenvalue weighted by molar-refractivity contribution is 6.04. The van der Waals surface area contributed by atoms with Crippen molar-refractivity contribution in [1.29, 1.82) is 0 Å². The number of aliphatic carboxylic acids is 1. The third-order valence-electron chi connectivity index (χ3n) is 2.81. The molecule has 1 heterocycles. The lowest BCUT2D eigenvalue weighted by Gasteiger charge is -2.26. The normalized spacial score (nSPS) is 16.9. The molecule has 7 heteroatoms. The highest BCUT2D eigenvalue weighted by Crippen LogP contribution is 2.38. The Labute approximate surface area is 109 Å². The van der Waals surface area contributed by atoms with Crippen LogP contribution in [-0.2, 0) is 9.59 Å². The van der Waals surface area contributed by atoms with Gasteiger partial charge in [0.25, 0.3) is 0 Å². The van der Waals surface area contributed by atoms with Crippen LogP contribution in [0.15, 0.2) is 12.1 Å². The predicted molar refractivity (Wildman–Crippen MR) is 67.8 cm³/mol. The first-order chi connectivity index (χ1) is 9.05. The Bertz CT molecular complexity index is 529. The van der Waals surface area contributed by atoms with Crippen LogP contribution in [0.1, 0.15) is 6.42 Å². The zero-order valence-electron chi connectivity index (χ0n) is 10.5. The highest BCUT2D eigenvalue weighted by Gasteiger charge is 2.28. The minimum absolute atomic E-state index is 0.292. The molecule has 0 radical (unpaired) electrons. The second-order valence-corrected chi connectivity index (χ2v) is 4.04. The zero-order chi connectivity index (χ0) is 14.0. The van der Waals surface area contributed by atoms with Crippen LogP contribution in [0, 0.1) is 0 Å². The number of fused-ring (bicyclic) bond motifs is 1. The largest absolute Gasteiger partial charge is 0.493 e. The minimum Gasteiger partial charge on any atom is -0.493 e. The summed E-state index contributed by atoms with van der Waals surface area (Å²) in [6.07, 6.45) is -0.292. The van der Waals surface area contributed by atoms with Crippen molar-refractivity contribution in [3.63, 3.8) is 0 Å². The second-order valence-electron chi connectivity index (χ2n) is 4.04. The van der Waals surface area contributed by atoms with Crippen LogP contribution in [0.4, 0.5) is 11.4 Å². The molecule has 1 atom stereocenters. The fourth-order valence-corrected chi connectivity index (χ4v) is 1.89. The number of hydrogen-bond donors (Lipinski definition) is 3. The van der Waals surface area contributed by atoms with E-state index in [1.165, 1.54) is 14.2 Å². The predicted octanol–water partition coefficient (Wildman–Crippen LogP) is 0.911. The molecule has 19 heavy (non-hydrogen) atoms. The van der Waals surface area contributed by atoms with E-state index in [-0.39, 0.29) is 12.3 Å². The van der Waals surface area contributed by atoms with Crippen molar-refractivity contribution in [2.45, 2.75) is 12.5 Å². The van der Waals surface area contributed by atoms with E-state index in [0.717, 1.165) is 0 Å². The van der Waals surface area contributed by atoms with Crippen LogP contribution in [0.2, 0.25) is 0 Å². The van der Waals surface area contributed by atoms with Gasteiger partial charge in [-0.25, -0.2) is 0 Å². The van der Waals surface area contributed by atoms with Gasteiger partial charge in [-0.2, -0.15) is 0 Å². The van der Waals surface area contributed by atoms with Crippen LogP contribution >= 0.6 is 0 Å². The van der Waals surface area contributed by atoms with Gasteiger partial charge in [0.2, 0.25) is 5.91 Å². The summed E-state index contributed by atoms with van der Waals surface area (Å²) < 4.78 is 10.3. The molecule has 3 N–H and O–H groups in total. The minimum atomic E-state index is -1.04. The number of nitrogens with one attached hydrogen (secondary N) is 2. The Morgan fingerprint density at radius 3 is 2.37 bits per heavy atom. The first-order valence-electron chi connectivity index (χ1n) is 5.60. The maximum atomic E-state index is 11.7. The number of anilines is 2. The van der Waals surface area contributed by atoms with Crippen LogP contribution in [0.5, 0.6) is 11.5 Å². The highest BCUT2D eigenvalue weighted by atomic mass is 16.5. The average molecular weight is 266 g/mol. The van der Waals surface area contributed by atoms with Crippen LogP contribution in [0.25, 0.3) is 0 Å². The number of carboxylic acids is 1. The standard InChI is InChI=1S/C12H14N2O5/c1-18-9-3-6-7(4-10(9)19-2)14-12(17)8(13-6)5-11(15)16/h3-4,8,13H,5H2,1-2H3,(H,14,17)(H,15,16). The fourth-order valence-electron chi connectivity index (χ4n) is 1.89. The van der Waals surface area contributed by atoms with E-state index < -0.39 is 12.0 Å². The van der Waals surface area contributed by atoms with E-state index in [9.17, 15) is 9.59 Å². The summed E-state index contributed by atoms with van der Waals surface area (Å²) in [4.78, 5) is 22.4. The van der Waals surface area contributed by atoms with Crippen molar-refractivity contribution < 1.29 is 24.2 Å². The molecule has 1 aliphatic heterocycles. The van der Waals surface area contributed by atoms with Gasteiger partial charge in [-0.1, -0.05) is 0 Å². The van der Waals surface area contributed by atoms with E-state index in [4.69, 9.17) is 14.6 Å². The number of rotatable bonds is 4. The monoisotopic (exact) mass is 266 g/mol. The molecule has 1 unspecified atom stereocenters. The van der Waals surface area contributed by atoms with Crippen molar-refractivity contribution in [2.24, 2.45) is 0 Å².